The predicted molar refractivity (Wildman–Crippen MR) is 55.8 cm³/mol. The fourth-order valence-corrected chi connectivity index (χ4v) is 1.37. The van der Waals surface area contributed by atoms with Gasteiger partial charge in [0.25, 0.3) is 0 Å². The van der Waals surface area contributed by atoms with Crippen LogP contribution in [0.3, 0.4) is 0 Å². The first-order valence-corrected chi connectivity index (χ1v) is 5.36. The lowest BCUT2D eigenvalue weighted by atomic mass is 10.1. The van der Waals surface area contributed by atoms with Gasteiger partial charge in [-0.2, -0.15) is 0 Å². The van der Waals surface area contributed by atoms with E-state index in [1.165, 1.54) is 6.92 Å². The smallest absolute Gasteiger partial charge is 0.403 e. The van der Waals surface area contributed by atoms with Gasteiger partial charge in [-0.05, 0) is 19.1 Å². The molecule has 1 unspecified atom stereocenters. The van der Waals surface area contributed by atoms with Crippen LogP contribution < -0.4 is 4.74 Å². The second kappa shape index (κ2) is 5.03. The lowest BCUT2D eigenvalue weighted by molar-refractivity contribution is -0.275. The van der Waals surface area contributed by atoms with Crippen molar-refractivity contribution in [2.75, 3.05) is 0 Å². The zero-order valence-corrected chi connectivity index (χ0v) is 10.1. The van der Waals surface area contributed by atoms with Crippen molar-refractivity contribution >= 4 is 21.7 Å². The summed E-state index contributed by atoms with van der Waals surface area (Å²) in [7, 11) is 0. The van der Waals surface area contributed by atoms with Gasteiger partial charge in [-0.15, -0.1) is 13.2 Å². The third-order valence-corrected chi connectivity index (χ3v) is 2.23. The normalized spacial score (nSPS) is 13.3. The summed E-state index contributed by atoms with van der Waals surface area (Å²) in [5, 5.41) is 0. The van der Waals surface area contributed by atoms with Gasteiger partial charge in [0, 0.05) is 0 Å². The molecule has 0 aliphatic rings. The molecule has 0 saturated carbocycles. The summed E-state index contributed by atoms with van der Waals surface area (Å²) >= 11 is 2.92. The molecule has 0 radical (unpaired) electrons. The summed E-state index contributed by atoms with van der Waals surface area (Å²) in [6.07, 6.45) is -5.00. The number of ketones is 1. The number of halogens is 5. The highest BCUT2D eigenvalue weighted by atomic mass is 79.9. The van der Waals surface area contributed by atoms with Crippen LogP contribution >= 0.6 is 15.9 Å². The van der Waals surface area contributed by atoms with E-state index < -0.39 is 34.1 Å². The predicted octanol–water partition coefficient (Wildman–Crippen LogP) is 3.69. The van der Waals surface area contributed by atoms with Crippen molar-refractivity contribution in [2.24, 2.45) is 0 Å². The third kappa shape index (κ3) is 3.69. The van der Waals surface area contributed by atoms with Gasteiger partial charge in [-0.3, -0.25) is 4.79 Å². The molecule has 0 heterocycles. The standard InChI is InChI=1S/C10H7BrF4O2/c1-5(11)9(16)6-3-2-4-7(8(6)12)17-10(13,14)15/h2-5H,1H3. The molecule has 2 nitrogen and oxygen atoms in total. The summed E-state index contributed by atoms with van der Waals surface area (Å²) in [5.74, 6) is -2.99. The van der Waals surface area contributed by atoms with Crippen LogP contribution in [-0.4, -0.2) is 17.0 Å². The monoisotopic (exact) mass is 314 g/mol. The topological polar surface area (TPSA) is 26.3 Å². The molecular formula is C10H7BrF4O2. The summed E-state index contributed by atoms with van der Waals surface area (Å²) in [5.41, 5.74) is -0.448. The number of hydrogen-bond donors (Lipinski definition) is 0. The number of hydrogen-bond acceptors (Lipinski definition) is 2. The molecule has 0 spiro atoms. The van der Waals surface area contributed by atoms with Crippen LogP contribution in [0.5, 0.6) is 5.75 Å². The number of carbonyl (C=O) groups excluding carboxylic acids is 1. The second-order valence-electron chi connectivity index (χ2n) is 3.15. The lowest BCUT2D eigenvalue weighted by Crippen LogP contribution is -2.19. The summed E-state index contributed by atoms with van der Waals surface area (Å²) < 4.78 is 52.8. The fraction of sp³-hybridized carbons (Fsp3) is 0.300. The fourth-order valence-electron chi connectivity index (χ4n) is 1.12. The van der Waals surface area contributed by atoms with E-state index in [2.05, 4.69) is 20.7 Å². The number of carbonyl (C=O) groups is 1. The van der Waals surface area contributed by atoms with E-state index >= 15 is 0 Å². The van der Waals surface area contributed by atoms with Gasteiger partial charge in [-0.1, -0.05) is 22.0 Å². The van der Waals surface area contributed by atoms with E-state index in [9.17, 15) is 22.4 Å². The molecule has 1 atom stereocenters. The van der Waals surface area contributed by atoms with Crippen molar-refractivity contribution in [3.05, 3.63) is 29.6 Å². The van der Waals surface area contributed by atoms with E-state index in [0.29, 0.717) is 0 Å². The summed E-state index contributed by atoms with van der Waals surface area (Å²) in [4.78, 5) is 10.8. The molecule has 7 heteroatoms. The quantitative estimate of drug-likeness (QED) is 0.483. The Bertz CT molecular complexity index is 429. The van der Waals surface area contributed by atoms with Crippen molar-refractivity contribution in [1.82, 2.24) is 0 Å². The van der Waals surface area contributed by atoms with Gasteiger partial charge < -0.3 is 4.74 Å². The highest BCUT2D eigenvalue weighted by molar-refractivity contribution is 9.10. The molecule has 1 aromatic rings. The Balaban J connectivity index is 3.12. The van der Waals surface area contributed by atoms with Crippen LogP contribution in [0.25, 0.3) is 0 Å². The third-order valence-electron chi connectivity index (χ3n) is 1.82. The van der Waals surface area contributed by atoms with Crippen LogP contribution in [0.4, 0.5) is 17.6 Å². The summed E-state index contributed by atoms with van der Waals surface area (Å²) in [6, 6.07) is 3.02. The zero-order chi connectivity index (χ0) is 13.2. The maximum Gasteiger partial charge on any atom is 0.573 e. The molecule has 0 amide bonds. The van der Waals surface area contributed by atoms with Crippen molar-refractivity contribution in [3.8, 4) is 5.75 Å². The number of ether oxygens (including phenoxy) is 1. The SMILES string of the molecule is CC(Br)C(=O)c1cccc(OC(F)(F)F)c1F. The molecule has 1 rings (SSSR count). The van der Waals surface area contributed by atoms with Crippen molar-refractivity contribution in [1.29, 1.82) is 0 Å². The molecule has 0 aromatic heterocycles. The zero-order valence-electron chi connectivity index (χ0n) is 8.52. The Morgan fingerprint density at radius 2 is 2.00 bits per heavy atom. The first kappa shape index (κ1) is 14.0. The van der Waals surface area contributed by atoms with E-state index in [1.54, 1.807) is 0 Å². The average Bonchev–Trinajstić information content (AvgIpc) is 2.18. The minimum atomic E-state index is -5.00. The van der Waals surface area contributed by atoms with E-state index in [-0.39, 0.29) is 0 Å². The Morgan fingerprint density at radius 3 is 2.47 bits per heavy atom. The molecule has 1 aromatic carbocycles. The minimum Gasteiger partial charge on any atom is -0.403 e. The second-order valence-corrected chi connectivity index (χ2v) is 4.52. The van der Waals surface area contributed by atoms with Gasteiger partial charge in [0.1, 0.15) is 0 Å². The molecule has 17 heavy (non-hydrogen) atoms. The van der Waals surface area contributed by atoms with Crippen LogP contribution in [0.1, 0.15) is 17.3 Å². The lowest BCUT2D eigenvalue weighted by Gasteiger charge is -2.11. The minimum absolute atomic E-state index is 0.448. The maximum absolute atomic E-state index is 13.5. The number of alkyl halides is 4. The van der Waals surface area contributed by atoms with Crippen LogP contribution in [0, 0.1) is 5.82 Å². The van der Waals surface area contributed by atoms with Crippen LogP contribution in [0.2, 0.25) is 0 Å². The molecule has 94 valence electrons. The molecule has 0 saturated heterocycles. The highest BCUT2D eigenvalue weighted by Crippen LogP contribution is 2.28. The average molecular weight is 315 g/mol. The number of Topliss-reactive ketones (excluding diaryl/α,β-unsaturated/α-hetero) is 1. The van der Waals surface area contributed by atoms with Crippen LogP contribution in [0.15, 0.2) is 18.2 Å². The highest BCUT2D eigenvalue weighted by Gasteiger charge is 2.33. The van der Waals surface area contributed by atoms with Crippen molar-refractivity contribution < 1.29 is 27.1 Å². The van der Waals surface area contributed by atoms with Gasteiger partial charge in [0.15, 0.2) is 17.3 Å². The van der Waals surface area contributed by atoms with Gasteiger partial charge in [0.05, 0.1) is 10.4 Å². The van der Waals surface area contributed by atoms with Crippen molar-refractivity contribution in [2.45, 2.75) is 18.1 Å². The Morgan fingerprint density at radius 1 is 1.41 bits per heavy atom. The van der Waals surface area contributed by atoms with Crippen molar-refractivity contribution in [3.63, 3.8) is 0 Å². The summed E-state index contributed by atoms with van der Waals surface area (Å²) in [6.45, 7) is 1.44. The largest absolute Gasteiger partial charge is 0.573 e. The maximum atomic E-state index is 13.5. The molecule has 0 N–H and O–H groups in total. The van der Waals surface area contributed by atoms with Gasteiger partial charge in [-0.25, -0.2) is 4.39 Å². The van der Waals surface area contributed by atoms with Crippen LogP contribution in [-0.2, 0) is 0 Å². The molecule has 0 bridgehead atoms. The van der Waals surface area contributed by atoms with E-state index in [4.69, 9.17) is 0 Å². The molecule has 0 aliphatic heterocycles. The molecular weight excluding hydrogens is 308 g/mol. The van der Waals surface area contributed by atoms with Gasteiger partial charge >= 0.3 is 6.36 Å². The Kier molecular flexibility index (Phi) is 4.13. The number of rotatable bonds is 3. The van der Waals surface area contributed by atoms with Gasteiger partial charge in [0.2, 0.25) is 0 Å². The first-order chi connectivity index (χ1) is 7.72. The number of benzene rings is 1. The van der Waals surface area contributed by atoms with E-state index in [0.717, 1.165) is 18.2 Å². The molecule has 0 aliphatic carbocycles. The van der Waals surface area contributed by atoms with E-state index in [1.807, 2.05) is 0 Å². The Labute approximate surface area is 103 Å². The molecule has 0 fully saturated rings. The Hall–Kier alpha value is -1.11. The first-order valence-electron chi connectivity index (χ1n) is 4.45.